The van der Waals surface area contributed by atoms with Crippen molar-refractivity contribution in [2.75, 3.05) is 12.9 Å². The van der Waals surface area contributed by atoms with E-state index in [2.05, 4.69) is 5.32 Å². The summed E-state index contributed by atoms with van der Waals surface area (Å²) in [7, 11) is 1.60. The molecule has 0 bridgehead atoms. The molecule has 7 heteroatoms. The van der Waals surface area contributed by atoms with Crippen molar-refractivity contribution < 1.29 is 14.3 Å². The van der Waals surface area contributed by atoms with Gasteiger partial charge in [0.1, 0.15) is 11.8 Å². The van der Waals surface area contributed by atoms with Gasteiger partial charge in [-0.15, -0.1) is 11.8 Å². The maximum absolute atomic E-state index is 13.1. The Morgan fingerprint density at radius 1 is 1.10 bits per heavy atom. The Morgan fingerprint density at radius 3 is 2.47 bits per heavy atom. The third-order valence-corrected chi connectivity index (χ3v) is 5.69. The summed E-state index contributed by atoms with van der Waals surface area (Å²) in [6.45, 7) is 5.90. The van der Waals surface area contributed by atoms with Crippen molar-refractivity contribution in [3.63, 3.8) is 0 Å². The second-order valence-electron chi connectivity index (χ2n) is 7.34. The number of carbonyl (C=O) groups is 2. The summed E-state index contributed by atoms with van der Waals surface area (Å²) in [5.41, 5.74) is 1.97. The van der Waals surface area contributed by atoms with Gasteiger partial charge in [-0.2, -0.15) is 0 Å². The molecule has 1 unspecified atom stereocenters. The van der Waals surface area contributed by atoms with Gasteiger partial charge in [-0.3, -0.25) is 9.59 Å². The standard InChI is InChI=1S/C23H29ClN2O3S/c1-16(2)25-23(28)17(3)26(13-18-7-6-10-21(12-18)29-4)22(27)15-30-14-19-8-5-9-20(24)11-19/h5-12,16-17H,13-15H2,1-4H3,(H,25,28). The van der Waals surface area contributed by atoms with Crippen LogP contribution in [0, 0.1) is 0 Å². The van der Waals surface area contributed by atoms with Crippen LogP contribution in [0.4, 0.5) is 0 Å². The Labute approximate surface area is 188 Å². The molecule has 2 aromatic carbocycles. The zero-order chi connectivity index (χ0) is 22.1. The Balaban J connectivity index is 2.10. The molecule has 1 atom stereocenters. The highest BCUT2D eigenvalue weighted by Gasteiger charge is 2.26. The Bertz CT molecular complexity index is 860. The van der Waals surface area contributed by atoms with E-state index < -0.39 is 6.04 Å². The van der Waals surface area contributed by atoms with Crippen LogP contribution >= 0.6 is 23.4 Å². The molecule has 0 saturated carbocycles. The van der Waals surface area contributed by atoms with Gasteiger partial charge in [-0.05, 0) is 56.2 Å². The summed E-state index contributed by atoms with van der Waals surface area (Å²) in [5.74, 6) is 1.41. The van der Waals surface area contributed by atoms with Gasteiger partial charge in [0.05, 0.1) is 12.9 Å². The average molecular weight is 449 g/mol. The van der Waals surface area contributed by atoms with Crippen molar-refractivity contribution in [1.82, 2.24) is 10.2 Å². The molecular weight excluding hydrogens is 420 g/mol. The molecule has 2 aromatic rings. The first-order valence-electron chi connectivity index (χ1n) is 9.85. The number of nitrogens with one attached hydrogen (secondary N) is 1. The van der Waals surface area contributed by atoms with Crippen molar-refractivity contribution in [2.45, 2.75) is 45.2 Å². The van der Waals surface area contributed by atoms with E-state index in [-0.39, 0.29) is 23.6 Å². The molecule has 30 heavy (non-hydrogen) atoms. The fourth-order valence-electron chi connectivity index (χ4n) is 2.92. The summed E-state index contributed by atoms with van der Waals surface area (Å²) >= 11 is 7.54. The number of rotatable bonds is 10. The van der Waals surface area contributed by atoms with E-state index in [0.29, 0.717) is 17.3 Å². The van der Waals surface area contributed by atoms with Crippen molar-refractivity contribution in [3.05, 3.63) is 64.7 Å². The van der Waals surface area contributed by atoms with E-state index >= 15 is 0 Å². The highest BCUT2D eigenvalue weighted by atomic mass is 35.5. The second-order valence-corrected chi connectivity index (χ2v) is 8.76. The first kappa shape index (κ1) is 24.1. The van der Waals surface area contributed by atoms with Crippen LogP contribution in [-0.2, 0) is 21.9 Å². The van der Waals surface area contributed by atoms with Crippen LogP contribution in [0.2, 0.25) is 5.02 Å². The molecule has 0 aliphatic carbocycles. The van der Waals surface area contributed by atoms with Crippen LogP contribution in [-0.4, -0.2) is 41.7 Å². The predicted molar refractivity (Wildman–Crippen MR) is 124 cm³/mol. The number of benzene rings is 2. The smallest absolute Gasteiger partial charge is 0.242 e. The summed E-state index contributed by atoms with van der Waals surface area (Å²) in [6.07, 6.45) is 0. The van der Waals surface area contributed by atoms with Crippen LogP contribution in [0.1, 0.15) is 31.9 Å². The number of hydrogen-bond acceptors (Lipinski definition) is 4. The summed E-state index contributed by atoms with van der Waals surface area (Å²) in [6, 6.07) is 14.6. The molecule has 0 radical (unpaired) electrons. The molecule has 5 nitrogen and oxygen atoms in total. The number of amides is 2. The van der Waals surface area contributed by atoms with E-state index in [9.17, 15) is 9.59 Å². The minimum atomic E-state index is -0.585. The minimum absolute atomic E-state index is 0.00549. The topological polar surface area (TPSA) is 58.6 Å². The van der Waals surface area contributed by atoms with E-state index in [4.69, 9.17) is 16.3 Å². The average Bonchev–Trinajstić information content (AvgIpc) is 2.71. The lowest BCUT2D eigenvalue weighted by molar-refractivity contribution is -0.138. The number of methoxy groups -OCH3 is 1. The zero-order valence-corrected chi connectivity index (χ0v) is 19.4. The molecular formula is C23H29ClN2O3S. The molecule has 0 fully saturated rings. The number of halogens is 1. The Hall–Kier alpha value is -2.18. The van der Waals surface area contributed by atoms with Crippen LogP contribution in [0.15, 0.2) is 48.5 Å². The Kier molecular flexibility index (Phi) is 9.53. The second kappa shape index (κ2) is 11.9. The van der Waals surface area contributed by atoms with Gasteiger partial charge in [-0.1, -0.05) is 35.9 Å². The summed E-state index contributed by atoms with van der Waals surface area (Å²) in [5, 5.41) is 3.57. The van der Waals surface area contributed by atoms with Gasteiger partial charge < -0.3 is 15.0 Å². The van der Waals surface area contributed by atoms with Gasteiger partial charge in [0.15, 0.2) is 0 Å². The van der Waals surface area contributed by atoms with E-state index in [1.54, 1.807) is 18.9 Å². The van der Waals surface area contributed by atoms with Gasteiger partial charge in [0.25, 0.3) is 0 Å². The van der Waals surface area contributed by atoms with Crippen molar-refractivity contribution in [1.29, 1.82) is 0 Å². The lowest BCUT2D eigenvalue weighted by Crippen LogP contribution is -2.49. The predicted octanol–water partition coefficient (Wildman–Crippen LogP) is 4.52. The van der Waals surface area contributed by atoms with Crippen molar-refractivity contribution in [2.24, 2.45) is 0 Å². The van der Waals surface area contributed by atoms with Crippen LogP contribution in [0.3, 0.4) is 0 Å². The molecule has 2 amide bonds. The van der Waals surface area contributed by atoms with E-state index in [1.165, 1.54) is 11.8 Å². The summed E-state index contributed by atoms with van der Waals surface area (Å²) in [4.78, 5) is 27.3. The first-order chi connectivity index (χ1) is 14.3. The van der Waals surface area contributed by atoms with Gasteiger partial charge in [-0.25, -0.2) is 0 Å². The normalized spacial score (nSPS) is 11.8. The molecule has 1 N–H and O–H groups in total. The SMILES string of the molecule is COc1cccc(CN(C(=O)CSCc2cccc(Cl)c2)C(C)C(=O)NC(C)C)c1. The quantitative estimate of drug-likeness (QED) is 0.580. The highest BCUT2D eigenvalue weighted by molar-refractivity contribution is 7.99. The van der Waals surface area contributed by atoms with Crippen LogP contribution in [0.5, 0.6) is 5.75 Å². The van der Waals surface area contributed by atoms with Crippen molar-refractivity contribution in [3.8, 4) is 5.75 Å². The van der Waals surface area contributed by atoms with Gasteiger partial charge in [0, 0.05) is 23.4 Å². The zero-order valence-electron chi connectivity index (χ0n) is 17.9. The van der Waals surface area contributed by atoms with Crippen LogP contribution in [0.25, 0.3) is 0 Å². The number of ether oxygens (including phenoxy) is 1. The highest BCUT2D eigenvalue weighted by Crippen LogP contribution is 2.20. The first-order valence-corrected chi connectivity index (χ1v) is 11.4. The largest absolute Gasteiger partial charge is 0.497 e. The number of nitrogens with zero attached hydrogens (tertiary/aromatic N) is 1. The van der Waals surface area contributed by atoms with Crippen LogP contribution < -0.4 is 10.1 Å². The summed E-state index contributed by atoms with van der Waals surface area (Å²) < 4.78 is 5.28. The number of carbonyl (C=O) groups excluding carboxylic acids is 2. The van der Waals surface area contributed by atoms with Crippen molar-refractivity contribution >= 4 is 35.2 Å². The molecule has 2 rings (SSSR count). The maximum atomic E-state index is 13.1. The Morgan fingerprint density at radius 2 is 1.80 bits per heavy atom. The molecule has 0 aromatic heterocycles. The monoisotopic (exact) mass is 448 g/mol. The number of hydrogen-bond donors (Lipinski definition) is 1. The molecule has 0 aliphatic rings. The molecule has 0 heterocycles. The maximum Gasteiger partial charge on any atom is 0.242 e. The van der Waals surface area contributed by atoms with E-state index in [0.717, 1.165) is 16.9 Å². The lowest BCUT2D eigenvalue weighted by atomic mass is 10.1. The minimum Gasteiger partial charge on any atom is -0.497 e. The molecule has 0 spiro atoms. The lowest BCUT2D eigenvalue weighted by Gasteiger charge is -2.29. The molecule has 0 aliphatic heterocycles. The third kappa shape index (κ3) is 7.58. The van der Waals surface area contributed by atoms with Gasteiger partial charge in [0.2, 0.25) is 11.8 Å². The number of thioether (sulfide) groups is 1. The third-order valence-electron chi connectivity index (χ3n) is 4.47. The molecule has 162 valence electrons. The fraction of sp³-hybridized carbons (Fsp3) is 0.391. The molecule has 0 saturated heterocycles. The van der Waals surface area contributed by atoms with Gasteiger partial charge >= 0.3 is 0 Å². The fourth-order valence-corrected chi connectivity index (χ4v) is 3.99. The van der Waals surface area contributed by atoms with E-state index in [1.807, 2.05) is 62.4 Å².